The van der Waals surface area contributed by atoms with Gasteiger partial charge in [0.15, 0.2) is 0 Å². The Labute approximate surface area is 84.0 Å². The summed E-state index contributed by atoms with van der Waals surface area (Å²) in [4.78, 5) is 0. The lowest BCUT2D eigenvalue weighted by atomic mass is 10.1. The minimum Gasteiger partial charge on any atom is -0.396 e. The van der Waals surface area contributed by atoms with E-state index in [1.807, 2.05) is 0 Å². The maximum absolute atomic E-state index is 8.43. The molecule has 0 saturated carbocycles. The molecule has 0 aliphatic carbocycles. The molecule has 0 aromatic carbocycles. The number of thiol groups is 1. The van der Waals surface area contributed by atoms with E-state index in [0.717, 1.165) is 12.3 Å². The van der Waals surface area contributed by atoms with Crippen molar-refractivity contribution in [2.75, 3.05) is 12.9 Å². The highest BCUT2D eigenvalue weighted by Crippen LogP contribution is 2.06. The van der Waals surface area contributed by atoms with Crippen LogP contribution in [0.3, 0.4) is 0 Å². The fourth-order valence-electron chi connectivity index (χ4n) is 0.841. The Balaban J connectivity index is -0.000000249. The molecule has 0 fully saturated rings. The number of aliphatic hydroxyl groups is 1. The third-order valence-corrected chi connectivity index (χ3v) is 1.44. The van der Waals surface area contributed by atoms with Crippen LogP contribution >= 0.6 is 12.6 Å². The number of aliphatic hydroxyl groups excluding tert-OH is 1. The Morgan fingerprint density at radius 3 is 1.92 bits per heavy atom. The fourth-order valence-corrected chi connectivity index (χ4v) is 0.841. The molecule has 0 rings (SSSR count). The molecule has 0 unspecified atom stereocenters. The van der Waals surface area contributed by atoms with E-state index in [1.165, 1.54) is 19.3 Å². The summed E-state index contributed by atoms with van der Waals surface area (Å²) in [7, 11) is 0. The van der Waals surface area contributed by atoms with Gasteiger partial charge in [-0.1, -0.05) is 40.5 Å². The Morgan fingerprint density at radius 1 is 1.08 bits per heavy atom. The molecule has 0 amide bonds. The molecule has 0 heterocycles. The molecule has 1 N–H and O–H groups in total. The zero-order chi connectivity index (χ0) is 9.11. The van der Waals surface area contributed by atoms with E-state index in [0.29, 0.717) is 6.61 Å². The summed E-state index contributed by atoms with van der Waals surface area (Å²) in [6, 6.07) is 0. The lowest BCUT2D eigenvalue weighted by molar-refractivity contribution is 0.281. The Hall–Kier alpha value is 0.310. The largest absolute Gasteiger partial charge is 0.396 e. The van der Waals surface area contributed by atoms with Crippen molar-refractivity contribution in [3.8, 4) is 0 Å². The zero-order valence-electron chi connectivity index (χ0n) is 8.01. The van der Waals surface area contributed by atoms with Crippen LogP contribution in [-0.2, 0) is 0 Å². The molecule has 0 bridgehead atoms. The van der Waals surface area contributed by atoms with E-state index in [2.05, 4.69) is 26.5 Å². The van der Waals surface area contributed by atoms with Crippen molar-refractivity contribution in [1.82, 2.24) is 0 Å². The zero-order valence-corrected chi connectivity index (χ0v) is 8.90. The molecule has 0 radical (unpaired) electrons. The highest BCUT2D eigenvalue weighted by molar-refractivity contribution is 7.79. The quantitative estimate of drug-likeness (QED) is 0.508. The van der Waals surface area contributed by atoms with Crippen LogP contribution in [0, 0.1) is 5.92 Å². The van der Waals surface area contributed by atoms with Crippen LogP contribution in [0.1, 0.15) is 47.0 Å². The first-order chi connectivity index (χ1) is 5.27. The summed E-state index contributed by atoms with van der Waals surface area (Å²) in [6.07, 6.45) is 6.44. The predicted octanol–water partition coefficient (Wildman–Crippen LogP) is 3.38. The number of hydrogen-bond donors (Lipinski definition) is 2. The smallest absolute Gasteiger partial charge is 0.0431 e. The van der Waals surface area contributed by atoms with Crippen molar-refractivity contribution in [1.29, 1.82) is 0 Å². The second kappa shape index (κ2) is 17.4. The summed E-state index contributed by atoms with van der Waals surface area (Å²) >= 11 is 3.53. The van der Waals surface area contributed by atoms with E-state index in [4.69, 9.17) is 5.11 Å². The topological polar surface area (TPSA) is 20.2 Å². The van der Waals surface area contributed by atoms with Gasteiger partial charge in [-0.25, -0.2) is 0 Å². The number of rotatable bonds is 5. The van der Waals surface area contributed by atoms with E-state index >= 15 is 0 Å². The lowest BCUT2D eigenvalue weighted by Gasteiger charge is -2.01. The Kier molecular flexibility index (Phi) is 26.4. The van der Waals surface area contributed by atoms with Gasteiger partial charge < -0.3 is 5.11 Å². The molecule has 1 nitrogen and oxygen atoms in total. The third kappa shape index (κ3) is 22.4. The Bertz CT molecular complexity index is 55.8. The van der Waals surface area contributed by atoms with Crippen LogP contribution in [0.25, 0.3) is 0 Å². The average Bonchev–Trinajstić information content (AvgIpc) is 2.02. The molecule has 0 saturated heterocycles. The van der Waals surface area contributed by atoms with Crippen molar-refractivity contribution in [2.24, 2.45) is 5.92 Å². The summed E-state index contributed by atoms with van der Waals surface area (Å²) in [5.41, 5.74) is 0. The van der Waals surface area contributed by atoms with Crippen LogP contribution < -0.4 is 0 Å². The van der Waals surface area contributed by atoms with Crippen molar-refractivity contribution in [3.05, 3.63) is 0 Å². The molecule has 12 heavy (non-hydrogen) atoms. The molecular weight excluding hydrogens is 168 g/mol. The maximum atomic E-state index is 8.43. The molecule has 0 atom stereocenters. The highest BCUT2D eigenvalue weighted by atomic mass is 32.1. The van der Waals surface area contributed by atoms with Gasteiger partial charge in [-0.2, -0.15) is 12.6 Å². The van der Waals surface area contributed by atoms with Crippen LogP contribution in [0.15, 0.2) is 0 Å². The van der Waals surface area contributed by atoms with Gasteiger partial charge in [-0.3, -0.25) is 0 Å². The highest BCUT2D eigenvalue weighted by Gasteiger charge is 1.92. The van der Waals surface area contributed by atoms with Crippen molar-refractivity contribution in [2.45, 2.75) is 47.0 Å². The standard InChI is InChI=1S/C8H18O.CH4S.CH4/c1-8(2)6-4-3-5-7-9;1-2;/h8-9H,3-7H2,1-2H3;2H,1H3;1H4. The number of unbranched alkanes of at least 4 members (excludes halogenated alkanes) is 2. The molecule has 0 spiro atoms. The molecule has 0 aromatic rings. The van der Waals surface area contributed by atoms with Gasteiger partial charge in [0.25, 0.3) is 0 Å². The van der Waals surface area contributed by atoms with E-state index in [9.17, 15) is 0 Å². The SMILES string of the molecule is C.CC(C)CCCCCO.CS. The third-order valence-electron chi connectivity index (χ3n) is 1.44. The van der Waals surface area contributed by atoms with E-state index in [-0.39, 0.29) is 7.43 Å². The molecular formula is C10H26OS. The summed E-state index contributed by atoms with van der Waals surface area (Å²) in [6.45, 7) is 4.83. The van der Waals surface area contributed by atoms with Gasteiger partial charge in [0.05, 0.1) is 0 Å². The average molecular weight is 194 g/mol. The summed E-state index contributed by atoms with van der Waals surface area (Å²) in [5, 5.41) is 8.43. The maximum Gasteiger partial charge on any atom is 0.0431 e. The number of hydrogen-bond acceptors (Lipinski definition) is 2. The molecule has 0 aromatic heterocycles. The first kappa shape index (κ1) is 18.2. The van der Waals surface area contributed by atoms with Gasteiger partial charge in [0.2, 0.25) is 0 Å². The summed E-state index contributed by atoms with van der Waals surface area (Å²) in [5.74, 6) is 0.823. The van der Waals surface area contributed by atoms with Gasteiger partial charge >= 0.3 is 0 Å². The van der Waals surface area contributed by atoms with Gasteiger partial charge in [0.1, 0.15) is 0 Å². The first-order valence-corrected chi connectivity index (χ1v) is 5.22. The van der Waals surface area contributed by atoms with Crippen LogP contribution in [0.2, 0.25) is 0 Å². The molecule has 2 heteroatoms. The van der Waals surface area contributed by atoms with Crippen LogP contribution in [0.4, 0.5) is 0 Å². The van der Waals surface area contributed by atoms with Gasteiger partial charge in [-0.05, 0) is 18.6 Å². The van der Waals surface area contributed by atoms with Gasteiger partial charge in [0, 0.05) is 6.61 Å². The van der Waals surface area contributed by atoms with E-state index < -0.39 is 0 Å². The van der Waals surface area contributed by atoms with E-state index in [1.54, 1.807) is 6.26 Å². The van der Waals surface area contributed by atoms with Crippen LogP contribution in [-0.4, -0.2) is 18.0 Å². The predicted molar refractivity (Wildman–Crippen MR) is 62.0 cm³/mol. The molecule has 0 aliphatic heterocycles. The Morgan fingerprint density at radius 2 is 1.58 bits per heavy atom. The summed E-state index contributed by atoms with van der Waals surface area (Å²) < 4.78 is 0. The first-order valence-electron chi connectivity index (χ1n) is 4.33. The van der Waals surface area contributed by atoms with Crippen molar-refractivity contribution >= 4 is 12.6 Å². The monoisotopic (exact) mass is 194 g/mol. The molecule has 0 aliphatic rings. The fraction of sp³-hybridized carbons (Fsp3) is 1.00. The second-order valence-electron chi connectivity index (χ2n) is 2.97. The minimum atomic E-state index is 0. The van der Waals surface area contributed by atoms with Crippen molar-refractivity contribution in [3.63, 3.8) is 0 Å². The van der Waals surface area contributed by atoms with Crippen LogP contribution in [0.5, 0.6) is 0 Å². The minimum absolute atomic E-state index is 0. The normalized spacial score (nSPS) is 8.50. The second-order valence-corrected chi connectivity index (χ2v) is 2.97. The van der Waals surface area contributed by atoms with Crippen molar-refractivity contribution < 1.29 is 5.11 Å². The molecule has 78 valence electrons. The van der Waals surface area contributed by atoms with Gasteiger partial charge in [-0.15, -0.1) is 0 Å². The lowest BCUT2D eigenvalue weighted by Crippen LogP contribution is -1.88.